The number of carboxylic acid groups (broad SMARTS) is 1. The molecule has 0 atom stereocenters. The van der Waals surface area contributed by atoms with Gasteiger partial charge in [0.1, 0.15) is 0 Å². The van der Waals surface area contributed by atoms with Gasteiger partial charge in [0, 0.05) is 4.90 Å². The smallest absolute Gasteiger partial charge is 0.336 e. The highest BCUT2D eigenvalue weighted by molar-refractivity contribution is 7.99. The Hall–Kier alpha value is -0.960. The zero-order valence-corrected chi connectivity index (χ0v) is 9.23. The van der Waals surface area contributed by atoms with Gasteiger partial charge in [0.2, 0.25) is 0 Å². The Labute approximate surface area is 88.3 Å². The van der Waals surface area contributed by atoms with Crippen LogP contribution in [0.2, 0.25) is 0 Å². The number of thioether (sulfide) groups is 1. The van der Waals surface area contributed by atoms with Gasteiger partial charge in [0.25, 0.3) is 0 Å². The largest absolute Gasteiger partial charge is 0.478 e. The zero-order valence-electron chi connectivity index (χ0n) is 8.41. The predicted molar refractivity (Wildman–Crippen MR) is 59.2 cm³/mol. The van der Waals surface area contributed by atoms with E-state index in [9.17, 15) is 4.79 Å². The van der Waals surface area contributed by atoms with E-state index in [4.69, 9.17) is 5.11 Å². The lowest BCUT2D eigenvalue weighted by molar-refractivity contribution is 0.0695. The van der Waals surface area contributed by atoms with Gasteiger partial charge >= 0.3 is 5.97 Å². The van der Waals surface area contributed by atoms with E-state index in [0.717, 1.165) is 22.6 Å². The standard InChI is InChI=1S/C11H14O2S/c1-3-8-9(11(12)13)6-5-7-10(8)14-4-2/h5-7H,3-4H2,1-2H3,(H,12,13). The fourth-order valence-electron chi connectivity index (χ4n) is 1.42. The van der Waals surface area contributed by atoms with Crippen molar-refractivity contribution in [3.05, 3.63) is 29.3 Å². The van der Waals surface area contributed by atoms with E-state index in [0.29, 0.717) is 5.56 Å². The van der Waals surface area contributed by atoms with E-state index in [1.165, 1.54) is 0 Å². The van der Waals surface area contributed by atoms with Gasteiger partial charge in [-0.15, -0.1) is 11.8 Å². The summed E-state index contributed by atoms with van der Waals surface area (Å²) in [7, 11) is 0. The third-order valence-electron chi connectivity index (χ3n) is 2.02. The van der Waals surface area contributed by atoms with Crippen LogP contribution < -0.4 is 0 Å². The summed E-state index contributed by atoms with van der Waals surface area (Å²) < 4.78 is 0. The molecule has 0 amide bonds. The Morgan fingerprint density at radius 1 is 1.43 bits per heavy atom. The highest BCUT2D eigenvalue weighted by Crippen LogP contribution is 2.25. The normalized spacial score (nSPS) is 10.1. The molecule has 0 saturated heterocycles. The molecule has 0 heterocycles. The molecule has 0 bridgehead atoms. The van der Waals surface area contributed by atoms with Crippen LogP contribution in [0, 0.1) is 0 Å². The van der Waals surface area contributed by atoms with Crippen molar-refractivity contribution in [2.24, 2.45) is 0 Å². The Balaban J connectivity index is 3.17. The molecule has 0 radical (unpaired) electrons. The van der Waals surface area contributed by atoms with Crippen LogP contribution in [-0.2, 0) is 6.42 Å². The second kappa shape index (κ2) is 5.05. The van der Waals surface area contributed by atoms with Crippen molar-refractivity contribution in [1.29, 1.82) is 0 Å². The van der Waals surface area contributed by atoms with Crippen LogP contribution >= 0.6 is 11.8 Å². The topological polar surface area (TPSA) is 37.3 Å². The minimum Gasteiger partial charge on any atom is -0.478 e. The molecule has 0 fully saturated rings. The molecule has 1 aromatic carbocycles. The number of hydrogen-bond donors (Lipinski definition) is 1. The molecular formula is C11H14O2S. The van der Waals surface area contributed by atoms with Crippen LogP contribution in [0.25, 0.3) is 0 Å². The van der Waals surface area contributed by atoms with Gasteiger partial charge in [0.15, 0.2) is 0 Å². The van der Waals surface area contributed by atoms with E-state index in [2.05, 4.69) is 6.92 Å². The molecular weight excluding hydrogens is 196 g/mol. The van der Waals surface area contributed by atoms with Gasteiger partial charge < -0.3 is 5.11 Å². The number of hydrogen-bond acceptors (Lipinski definition) is 2. The Morgan fingerprint density at radius 2 is 2.14 bits per heavy atom. The summed E-state index contributed by atoms with van der Waals surface area (Å²) in [5.41, 5.74) is 1.39. The van der Waals surface area contributed by atoms with Gasteiger partial charge in [-0.05, 0) is 29.9 Å². The van der Waals surface area contributed by atoms with E-state index >= 15 is 0 Å². The van der Waals surface area contributed by atoms with Crippen LogP contribution in [-0.4, -0.2) is 16.8 Å². The molecule has 0 aromatic heterocycles. The van der Waals surface area contributed by atoms with Gasteiger partial charge in [0.05, 0.1) is 5.56 Å². The average molecular weight is 210 g/mol. The summed E-state index contributed by atoms with van der Waals surface area (Å²) in [6, 6.07) is 5.46. The highest BCUT2D eigenvalue weighted by Gasteiger charge is 2.11. The second-order valence-corrected chi connectivity index (χ2v) is 4.18. The molecule has 2 nitrogen and oxygen atoms in total. The first-order valence-electron chi connectivity index (χ1n) is 4.68. The summed E-state index contributed by atoms with van der Waals surface area (Å²) in [4.78, 5) is 12.0. The Kier molecular flexibility index (Phi) is 4.01. The van der Waals surface area contributed by atoms with E-state index in [1.807, 2.05) is 13.0 Å². The fraction of sp³-hybridized carbons (Fsp3) is 0.364. The quantitative estimate of drug-likeness (QED) is 0.776. The summed E-state index contributed by atoms with van der Waals surface area (Å²) in [5.74, 6) is 0.135. The maximum Gasteiger partial charge on any atom is 0.336 e. The van der Waals surface area contributed by atoms with Gasteiger partial charge in [-0.25, -0.2) is 4.79 Å². The van der Waals surface area contributed by atoms with Crippen LogP contribution in [0.3, 0.4) is 0 Å². The molecule has 0 aliphatic carbocycles. The lowest BCUT2D eigenvalue weighted by Gasteiger charge is -2.09. The van der Waals surface area contributed by atoms with Crippen LogP contribution in [0.1, 0.15) is 29.8 Å². The summed E-state index contributed by atoms with van der Waals surface area (Å²) >= 11 is 1.69. The Bertz CT molecular complexity index is 334. The number of aromatic carboxylic acids is 1. The fourth-order valence-corrected chi connectivity index (χ4v) is 2.34. The monoisotopic (exact) mass is 210 g/mol. The number of benzene rings is 1. The van der Waals surface area contributed by atoms with Crippen molar-refractivity contribution < 1.29 is 9.90 Å². The SMILES string of the molecule is CCSc1cccc(C(=O)O)c1CC. The van der Waals surface area contributed by atoms with Crippen molar-refractivity contribution in [1.82, 2.24) is 0 Å². The molecule has 0 aliphatic heterocycles. The van der Waals surface area contributed by atoms with Gasteiger partial charge in [-0.3, -0.25) is 0 Å². The van der Waals surface area contributed by atoms with Crippen molar-refractivity contribution in [3.8, 4) is 0 Å². The molecule has 0 aliphatic rings. The van der Waals surface area contributed by atoms with Crippen molar-refractivity contribution >= 4 is 17.7 Å². The van der Waals surface area contributed by atoms with Crippen molar-refractivity contribution in [2.45, 2.75) is 25.2 Å². The van der Waals surface area contributed by atoms with E-state index in [1.54, 1.807) is 23.9 Å². The van der Waals surface area contributed by atoms with Crippen LogP contribution in [0.15, 0.2) is 23.1 Å². The molecule has 0 spiro atoms. The second-order valence-electron chi connectivity index (χ2n) is 2.87. The molecule has 1 aromatic rings. The first-order valence-corrected chi connectivity index (χ1v) is 5.67. The molecule has 14 heavy (non-hydrogen) atoms. The first kappa shape index (κ1) is 11.1. The summed E-state index contributed by atoms with van der Waals surface area (Å²) in [5, 5.41) is 8.98. The van der Waals surface area contributed by atoms with Crippen LogP contribution in [0.5, 0.6) is 0 Å². The zero-order chi connectivity index (χ0) is 10.6. The number of carboxylic acids is 1. The molecule has 1 rings (SSSR count). The third kappa shape index (κ3) is 2.29. The van der Waals surface area contributed by atoms with E-state index < -0.39 is 5.97 Å². The lowest BCUT2D eigenvalue weighted by atomic mass is 10.1. The molecule has 0 saturated carbocycles. The van der Waals surface area contributed by atoms with E-state index in [-0.39, 0.29) is 0 Å². The number of carbonyl (C=O) groups is 1. The minimum absolute atomic E-state index is 0.436. The Morgan fingerprint density at radius 3 is 2.64 bits per heavy atom. The highest BCUT2D eigenvalue weighted by atomic mass is 32.2. The molecule has 0 unspecified atom stereocenters. The first-order chi connectivity index (χ1) is 6.70. The summed E-state index contributed by atoms with van der Waals surface area (Å²) in [6.45, 7) is 4.05. The molecule has 1 N–H and O–H groups in total. The third-order valence-corrected chi connectivity index (χ3v) is 3.00. The van der Waals surface area contributed by atoms with Crippen molar-refractivity contribution in [3.63, 3.8) is 0 Å². The molecule has 76 valence electrons. The maximum absolute atomic E-state index is 10.9. The predicted octanol–water partition coefficient (Wildman–Crippen LogP) is 3.06. The maximum atomic E-state index is 10.9. The lowest BCUT2D eigenvalue weighted by Crippen LogP contribution is -2.02. The van der Waals surface area contributed by atoms with Crippen molar-refractivity contribution in [2.75, 3.05) is 5.75 Å². The van der Waals surface area contributed by atoms with Gasteiger partial charge in [-0.2, -0.15) is 0 Å². The molecule has 3 heteroatoms. The van der Waals surface area contributed by atoms with Crippen LogP contribution in [0.4, 0.5) is 0 Å². The number of rotatable bonds is 4. The average Bonchev–Trinajstić information content (AvgIpc) is 2.18. The van der Waals surface area contributed by atoms with Gasteiger partial charge in [-0.1, -0.05) is 19.9 Å². The minimum atomic E-state index is -0.833. The summed E-state index contributed by atoms with van der Waals surface area (Å²) in [6.07, 6.45) is 0.769.